The van der Waals surface area contributed by atoms with Crippen LogP contribution in [0.3, 0.4) is 0 Å². The smallest absolute Gasteiger partial charge is 0.315 e. The molecule has 0 radical (unpaired) electrons. The van der Waals surface area contributed by atoms with E-state index in [4.69, 9.17) is 9.97 Å². The quantitative estimate of drug-likeness (QED) is 0.341. The van der Waals surface area contributed by atoms with Gasteiger partial charge in [-0.1, -0.05) is 42.5 Å². The van der Waals surface area contributed by atoms with E-state index in [2.05, 4.69) is 47.0 Å². The number of carbonyl (C=O) groups excluding carboxylic acids is 1. The Morgan fingerprint density at radius 2 is 1.97 bits per heavy atom. The van der Waals surface area contributed by atoms with Crippen LogP contribution in [0.15, 0.2) is 36.5 Å². The zero-order chi connectivity index (χ0) is 23.2. The molecule has 2 heterocycles. The third kappa shape index (κ3) is 6.41. The van der Waals surface area contributed by atoms with E-state index in [1.54, 1.807) is 11.3 Å². The standard InChI is InChI=1S/C24H31N7OS/c1-4-11-25-22-30-19(12-20(31-22)21-14-27-24(33-21)28-15(2)3)18-8-6-5-7-16(18)13-26-23(32)29-17-9-10-17/h5-8,12,14-15,17H,4,9-11,13H2,1-3H3,(H,27,28)(H,25,30,31)(H2,26,29,32). The second-order valence-electron chi connectivity index (χ2n) is 8.48. The molecule has 4 rings (SSSR count). The summed E-state index contributed by atoms with van der Waals surface area (Å²) >= 11 is 1.58. The van der Waals surface area contributed by atoms with E-state index in [1.807, 2.05) is 36.5 Å². The van der Waals surface area contributed by atoms with Crippen molar-refractivity contribution in [2.45, 2.75) is 58.7 Å². The van der Waals surface area contributed by atoms with Crippen molar-refractivity contribution in [3.8, 4) is 21.8 Å². The molecule has 3 aromatic rings. The number of carbonyl (C=O) groups is 1. The van der Waals surface area contributed by atoms with E-state index in [1.165, 1.54) is 0 Å². The van der Waals surface area contributed by atoms with Gasteiger partial charge in [-0.15, -0.1) is 0 Å². The van der Waals surface area contributed by atoms with Crippen LogP contribution in [0.1, 0.15) is 45.6 Å². The van der Waals surface area contributed by atoms with Gasteiger partial charge in [-0.3, -0.25) is 0 Å². The first-order valence-corrected chi connectivity index (χ1v) is 12.3. The first-order chi connectivity index (χ1) is 16.0. The molecule has 4 N–H and O–H groups in total. The van der Waals surface area contributed by atoms with Crippen molar-refractivity contribution in [3.05, 3.63) is 42.1 Å². The maximum atomic E-state index is 12.1. The van der Waals surface area contributed by atoms with Crippen molar-refractivity contribution in [2.75, 3.05) is 17.2 Å². The largest absolute Gasteiger partial charge is 0.359 e. The molecule has 1 aromatic carbocycles. The van der Waals surface area contributed by atoms with E-state index in [0.29, 0.717) is 24.6 Å². The highest BCUT2D eigenvalue weighted by Crippen LogP contribution is 2.32. The number of rotatable bonds is 10. The van der Waals surface area contributed by atoms with E-state index >= 15 is 0 Å². The number of hydrogen-bond acceptors (Lipinski definition) is 7. The van der Waals surface area contributed by atoms with Gasteiger partial charge in [-0.25, -0.2) is 19.7 Å². The number of anilines is 2. The summed E-state index contributed by atoms with van der Waals surface area (Å²) in [5.41, 5.74) is 3.60. The zero-order valence-corrected chi connectivity index (χ0v) is 20.1. The van der Waals surface area contributed by atoms with E-state index < -0.39 is 0 Å². The van der Waals surface area contributed by atoms with Crippen LogP contribution in [0.4, 0.5) is 15.9 Å². The predicted octanol–water partition coefficient (Wildman–Crippen LogP) is 4.87. The van der Waals surface area contributed by atoms with Crippen molar-refractivity contribution in [1.82, 2.24) is 25.6 Å². The summed E-state index contributed by atoms with van der Waals surface area (Å²) in [6.07, 6.45) is 4.95. The topological polar surface area (TPSA) is 104 Å². The molecule has 0 bridgehead atoms. The van der Waals surface area contributed by atoms with Gasteiger partial charge in [0.05, 0.1) is 16.3 Å². The van der Waals surface area contributed by atoms with Crippen LogP contribution in [0.25, 0.3) is 21.8 Å². The van der Waals surface area contributed by atoms with Crippen LogP contribution in [-0.2, 0) is 6.54 Å². The maximum Gasteiger partial charge on any atom is 0.315 e. The molecule has 1 saturated carbocycles. The van der Waals surface area contributed by atoms with Crippen molar-refractivity contribution >= 4 is 28.4 Å². The van der Waals surface area contributed by atoms with Gasteiger partial charge in [0.1, 0.15) is 0 Å². The average molecular weight is 466 g/mol. The van der Waals surface area contributed by atoms with Gasteiger partial charge in [0.15, 0.2) is 5.13 Å². The van der Waals surface area contributed by atoms with Crippen LogP contribution in [-0.4, -0.2) is 39.6 Å². The van der Waals surface area contributed by atoms with E-state index in [-0.39, 0.29) is 6.03 Å². The second-order valence-corrected chi connectivity index (χ2v) is 9.51. The Kier molecular flexibility index (Phi) is 7.39. The molecule has 0 unspecified atom stereocenters. The van der Waals surface area contributed by atoms with Gasteiger partial charge in [-0.2, -0.15) is 0 Å². The molecule has 0 atom stereocenters. The highest BCUT2D eigenvalue weighted by molar-refractivity contribution is 7.18. The molecular formula is C24H31N7OS. The summed E-state index contributed by atoms with van der Waals surface area (Å²) < 4.78 is 0. The lowest BCUT2D eigenvalue weighted by molar-refractivity contribution is 0.240. The third-order valence-electron chi connectivity index (χ3n) is 5.07. The number of aromatic nitrogens is 3. The Balaban J connectivity index is 1.63. The van der Waals surface area contributed by atoms with Crippen molar-refractivity contribution < 1.29 is 4.79 Å². The van der Waals surface area contributed by atoms with Gasteiger partial charge in [0.2, 0.25) is 5.95 Å². The number of amides is 2. The normalized spacial score (nSPS) is 13.1. The lowest BCUT2D eigenvalue weighted by Gasteiger charge is -2.13. The molecule has 174 valence electrons. The van der Waals surface area contributed by atoms with Crippen LogP contribution < -0.4 is 21.3 Å². The van der Waals surface area contributed by atoms with E-state index in [0.717, 1.165) is 58.3 Å². The molecule has 1 aliphatic carbocycles. The van der Waals surface area contributed by atoms with Gasteiger partial charge >= 0.3 is 6.03 Å². The Morgan fingerprint density at radius 3 is 2.73 bits per heavy atom. The summed E-state index contributed by atoms with van der Waals surface area (Å²) in [5, 5.41) is 13.5. The average Bonchev–Trinajstić information content (AvgIpc) is 3.50. The summed E-state index contributed by atoms with van der Waals surface area (Å²) in [5.74, 6) is 0.588. The van der Waals surface area contributed by atoms with Gasteiger partial charge < -0.3 is 21.3 Å². The van der Waals surface area contributed by atoms with Crippen LogP contribution in [0, 0.1) is 0 Å². The monoisotopic (exact) mass is 465 g/mol. The first-order valence-electron chi connectivity index (χ1n) is 11.5. The van der Waals surface area contributed by atoms with Gasteiger partial charge in [0, 0.05) is 36.9 Å². The number of thiazole rings is 1. The highest BCUT2D eigenvalue weighted by Gasteiger charge is 2.23. The molecule has 33 heavy (non-hydrogen) atoms. The molecule has 0 aliphatic heterocycles. The van der Waals surface area contributed by atoms with Crippen LogP contribution >= 0.6 is 11.3 Å². The fourth-order valence-corrected chi connectivity index (χ4v) is 4.22. The summed E-state index contributed by atoms with van der Waals surface area (Å²) in [7, 11) is 0. The number of hydrogen-bond donors (Lipinski definition) is 4. The highest BCUT2D eigenvalue weighted by atomic mass is 32.1. The predicted molar refractivity (Wildman–Crippen MR) is 135 cm³/mol. The summed E-state index contributed by atoms with van der Waals surface area (Å²) in [4.78, 5) is 27.1. The minimum Gasteiger partial charge on any atom is -0.359 e. The molecule has 0 spiro atoms. The molecule has 2 amide bonds. The minimum atomic E-state index is -0.129. The number of benzene rings is 1. The van der Waals surface area contributed by atoms with Gasteiger partial charge in [0.25, 0.3) is 0 Å². The lowest BCUT2D eigenvalue weighted by Crippen LogP contribution is -2.36. The fourth-order valence-electron chi connectivity index (χ4n) is 3.30. The Bertz CT molecular complexity index is 1090. The Hall–Kier alpha value is -3.20. The second kappa shape index (κ2) is 10.6. The van der Waals surface area contributed by atoms with Crippen LogP contribution in [0.2, 0.25) is 0 Å². The van der Waals surface area contributed by atoms with Gasteiger partial charge in [-0.05, 0) is 44.7 Å². The molecule has 0 saturated heterocycles. The first kappa shape index (κ1) is 23.0. The minimum absolute atomic E-state index is 0.129. The van der Waals surface area contributed by atoms with E-state index in [9.17, 15) is 4.79 Å². The molecule has 1 fully saturated rings. The number of urea groups is 1. The molecular weight excluding hydrogens is 434 g/mol. The number of nitrogens with one attached hydrogen (secondary N) is 4. The SMILES string of the molecule is CCCNc1nc(-c2cnc(NC(C)C)s2)cc(-c2ccccc2CNC(=O)NC2CC2)n1. The zero-order valence-electron chi connectivity index (χ0n) is 19.3. The molecule has 9 heteroatoms. The third-order valence-corrected chi connectivity index (χ3v) is 6.03. The van der Waals surface area contributed by atoms with Crippen LogP contribution in [0.5, 0.6) is 0 Å². The molecule has 2 aromatic heterocycles. The maximum absolute atomic E-state index is 12.1. The summed E-state index contributed by atoms with van der Waals surface area (Å²) in [6, 6.07) is 10.5. The fraction of sp³-hybridized carbons (Fsp3) is 0.417. The van der Waals surface area contributed by atoms with Crippen molar-refractivity contribution in [3.63, 3.8) is 0 Å². The van der Waals surface area contributed by atoms with Crippen molar-refractivity contribution in [2.24, 2.45) is 0 Å². The van der Waals surface area contributed by atoms with Crippen molar-refractivity contribution in [1.29, 1.82) is 0 Å². The number of nitrogens with zero attached hydrogens (tertiary/aromatic N) is 3. The molecule has 1 aliphatic rings. The Labute approximate surface area is 198 Å². The molecule has 8 nitrogen and oxygen atoms in total. The summed E-state index contributed by atoms with van der Waals surface area (Å²) in [6.45, 7) is 7.50. The lowest BCUT2D eigenvalue weighted by atomic mass is 10.0. The Morgan fingerprint density at radius 1 is 1.18 bits per heavy atom.